The molecule has 2 aromatic carbocycles. The average molecular weight is 319 g/mol. The summed E-state index contributed by atoms with van der Waals surface area (Å²) in [6, 6.07) is 11.9. The molecule has 0 aliphatic heterocycles. The lowest BCUT2D eigenvalue weighted by Crippen LogP contribution is -2.15. The number of hydrogen-bond donors (Lipinski definition) is 1. The van der Waals surface area contributed by atoms with Crippen LogP contribution in [0, 0.1) is 0 Å². The highest BCUT2D eigenvalue weighted by atomic mass is 19.4. The Morgan fingerprint density at radius 1 is 1.00 bits per heavy atom. The molecule has 0 aliphatic rings. The molecule has 1 N–H and O–H groups in total. The molecule has 1 aromatic heterocycles. The van der Waals surface area contributed by atoms with Gasteiger partial charge in [-0.25, -0.2) is 0 Å². The van der Waals surface area contributed by atoms with Crippen molar-refractivity contribution < 1.29 is 17.6 Å². The summed E-state index contributed by atoms with van der Waals surface area (Å²) in [6.07, 6.45) is -3.19. The number of alkyl halides is 3. The maximum Gasteiger partial charge on any atom is 0.418 e. The van der Waals surface area contributed by atoms with Crippen LogP contribution in [0.15, 0.2) is 64.0 Å². The monoisotopic (exact) mass is 319 g/mol. The Morgan fingerprint density at radius 2 is 1.70 bits per heavy atom. The lowest BCUT2D eigenvalue weighted by Gasteiger charge is -2.14. The van der Waals surface area contributed by atoms with Gasteiger partial charge in [0.25, 0.3) is 0 Å². The summed E-state index contributed by atoms with van der Waals surface area (Å²) in [7, 11) is 0. The Kier molecular flexibility index (Phi) is 3.82. The largest absolute Gasteiger partial charge is 0.464 e. The van der Waals surface area contributed by atoms with Crippen LogP contribution in [0.3, 0.4) is 0 Å². The molecule has 0 unspecified atom stereocenters. The zero-order valence-corrected chi connectivity index (χ0v) is 11.9. The fourth-order valence-corrected chi connectivity index (χ4v) is 2.31. The van der Waals surface area contributed by atoms with E-state index in [2.05, 4.69) is 5.32 Å². The zero-order chi connectivity index (χ0) is 16.4. The normalized spacial score (nSPS) is 11.6. The summed E-state index contributed by atoms with van der Waals surface area (Å²) in [5, 5.41) is 3.06. The lowest BCUT2D eigenvalue weighted by molar-refractivity contribution is -0.136. The minimum Gasteiger partial charge on any atom is -0.464 e. The first kappa shape index (κ1) is 15.1. The van der Waals surface area contributed by atoms with E-state index < -0.39 is 11.7 Å². The second kappa shape index (κ2) is 5.79. The highest BCUT2D eigenvalue weighted by molar-refractivity contribution is 5.76. The molecule has 0 aliphatic carbocycles. The van der Waals surface area contributed by atoms with Crippen LogP contribution in [0.2, 0.25) is 0 Å². The van der Waals surface area contributed by atoms with E-state index in [-0.39, 0.29) is 23.2 Å². The van der Waals surface area contributed by atoms with Crippen LogP contribution in [-0.2, 0) is 12.7 Å². The lowest BCUT2D eigenvalue weighted by atomic mass is 10.1. The highest BCUT2D eigenvalue weighted by Gasteiger charge is 2.33. The van der Waals surface area contributed by atoms with Gasteiger partial charge in [-0.2, -0.15) is 13.2 Å². The molecule has 3 rings (SSSR count). The van der Waals surface area contributed by atoms with E-state index in [9.17, 15) is 18.0 Å². The van der Waals surface area contributed by atoms with Gasteiger partial charge in [0.05, 0.1) is 22.8 Å². The van der Waals surface area contributed by atoms with Crippen molar-refractivity contribution in [1.29, 1.82) is 0 Å². The van der Waals surface area contributed by atoms with E-state index in [1.165, 1.54) is 24.5 Å². The Bertz CT molecular complexity index is 900. The molecule has 0 saturated heterocycles. The Hall–Kier alpha value is -2.76. The van der Waals surface area contributed by atoms with Gasteiger partial charge >= 0.3 is 6.18 Å². The predicted molar refractivity (Wildman–Crippen MR) is 81.3 cm³/mol. The third-order valence-corrected chi connectivity index (χ3v) is 3.45. The van der Waals surface area contributed by atoms with Gasteiger partial charge in [0.15, 0.2) is 5.43 Å². The standard InChI is InChI=1S/C17H12F3NO2/c18-17(19,20)13-6-2-3-7-14(13)21-9-11-10-23-15-8-4-1-5-12(15)16(11)22/h1-8,10,21H,9H2. The first-order valence-electron chi connectivity index (χ1n) is 6.86. The van der Waals surface area contributed by atoms with Crippen molar-refractivity contribution in [3.63, 3.8) is 0 Å². The van der Waals surface area contributed by atoms with Crippen molar-refractivity contribution in [1.82, 2.24) is 0 Å². The Labute approximate surface area is 129 Å². The fraction of sp³-hybridized carbons (Fsp3) is 0.118. The van der Waals surface area contributed by atoms with E-state index in [0.29, 0.717) is 11.0 Å². The van der Waals surface area contributed by atoms with Crippen molar-refractivity contribution in [3.8, 4) is 0 Å². The number of nitrogens with one attached hydrogen (secondary N) is 1. The predicted octanol–water partition coefficient (Wildman–Crippen LogP) is 4.42. The molecule has 1 heterocycles. The van der Waals surface area contributed by atoms with E-state index in [1.807, 2.05) is 0 Å². The van der Waals surface area contributed by atoms with Crippen molar-refractivity contribution in [2.24, 2.45) is 0 Å². The molecular formula is C17H12F3NO2. The number of halogens is 3. The number of para-hydroxylation sites is 2. The number of anilines is 1. The fourth-order valence-electron chi connectivity index (χ4n) is 2.31. The van der Waals surface area contributed by atoms with Gasteiger partial charge in [0.2, 0.25) is 0 Å². The SMILES string of the molecule is O=c1c(CNc2ccccc2C(F)(F)F)coc2ccccc12. The van der Waals surface area contributed by atoms with Crippen LogP contribution in [0.1, 0.15) is 11.1 Å². The average Bonchev–Trinajstić information content (AvgIpc) is 2.54. The topological polar surface area (TPSA) is 42.2 Å². The molecule has 0 fully saturated rings. The Morgan fingerprint density at radius 3 is 2.48 bits per heavy atom. The molecule has 23 heavy (non-hydrogen) atoms. The molecule has 3 aromatic rings. The zero-order valence-electron chi connectivity index (χ0n) is 11.9. The summed E-state index contributed by atoms with van der Waals surface area (Å²) in [5.41, 5.74) is -0.404. The van der Waals surface area contributed by atoms with Crippen LogP contribution in [0.25, 0.3) is 11.0 Å². The van der Waals surface area contributed by atoms with E-state index in [4.69, 9.17) is 4.42 Å². The quantitative estimate of drug-likeness (QED) is 0.777. The van der Waals surface area contributed by atoms with Crippen LogP contribution >= 0.6 is 0 Å². The summed E-state index contributed by atoms with van der Waals surface area (Å²) >= 11 is 0. The second-order valence-electron chi connectivity index (χ2n) is 4.98. The molecule has 3 nitrogen and oxygen atoms in total. The van der Waals surface area contributed by atoms with Gasteiger partial charge in [-0.1, -0.05) is 24.3 Å². The van der Waals surface area contributed by atoms with Gasteiger partial charge < -0.3 is 9.73 Å². The minimum absolute atomic E-state index is 0.0553. The maximum absolute atomic E-state index is 12.9. The van der Waals surface area contributed by atoms with Crippen LogP contribution in [-0.4, -0.2) is 0 Å². The van der Waals surface area contributed by atoms with Crippen molar-refractivity contribution in [2.75, 3.05) is 5.32 Å². The first-order chi connectivity index (χ1) is 11.0. The summed E-state index contributed by atoms with van der Waals surface area (Å²) in [6.45, 7) is -0.0553. The van der Waals surface area contributed by atoms with Crippen LogP contribution in [0.5, 0.6) is 0 Å². The molecular weight excluding hydrogens is 307 g/mol. The van der Waals surface area contributed by atoms with Crippen molar-refractivity contribution in [2.45, 2.75) is 12.7 Å². The smallest absolute Gasteiger partial charge is 0.418 e. The molecule has 118 valence electrons. The van der Waals surface area contributed by atoms with Gasteiger partial charge in [-0.15, -0.1) is 0 Å². The number of rotatable bonds is 3. The van der Waals surface area contributed by atoms with Gasteiger partial charge in [-0.3, -0.25) is 4.79 Å². The van der Waals surface area contributed by atoms with E-state index in [1.54, 1.807) is 24.3 Å². The van der Waals surface area contributed by atoms with Crippen LogP contribution in [0.4, 0.5) is 18.9 Å². The van der Waals surface area contributed by atoms with Gasteiger partial charge in [0.1, 0.15) is 5.58 Å². The maximum atomic E-state index is 12.9. The van der Waals surface area contributed by atoms with E-state index >= 15 is 0 Å². The second-order valence-corrected chi connectivity index (χ2v) is 4.98. The summed E-state index contributed by atoms with van der Waals surface area (Å²) in [4.78, 5) is 12.3. The molecule has 0 saturated carbocycles. The van der Waals surface area contributed by atoms with E-state index in [0.717, 1.165) is 6.07 Å². The number of benzene rings is 2. The molecule has 0 amide bonds. The van der Waals surface area contributed by atoms with Gasteiger partial charge in [0, 0.05) is 12.2 Å². The minimum atomic E-state index is -4.46. The van der Waals surface area contributed by atoms with Crippen LogP contribution < -0.4 is 10.7 Å². The number of fused-ring (bicyclic) bond motifs is 1. The summed E-state index contributed by atoms with van der Waals surface area (Å²) < 4.78 is 44.2. The number of hydrogen-bond acceptors (Lipinski definition) is 3. The van der Waals surface area contributed by atoms with Gasteiger partial charge in [-0.05, 0) is 24.3 Å². The molecule has 6 heteroatoms. The molecule has 0 atom stereocenters. The highest BCUT2D eigenvalue weighted by Crippen LogP contribution is 2.34. The Balaban J connectivity index is 1.91. The first-order valence-corrected chi connectivity index (χ1v) is 6.86. The molecule has 0 radical (unpaired) electrons. The third kappa shape index (κ3) is 3.06. The third-order valence-electron chi connectivity index (χ3n) is 3.45. The molecule has 0 bridgehead atoms. The summed E-state index contributed by atoms with van der Waals surface area (Å²) in [5.74, 6) is 0. The van der Waals surface area contributed by atoms with Crippen molar-refractivity contribution >= 4 is 16.7 Å². The van der Waals surface area contributed by atoms with Crippen molar-refractivity contribution in [3.05, 3.63) is 76.1 Å². The molecule has 0 spiro atoms.